The molecular formula is C11H12BrO2. The first-order chi connectivity index (χ1) is 6.63. The monoisotopic (exact) mass is 255 g/mol. The molecule has 0 bridgehead atoms. The minimum absolute atomic E-state index is 0.322. The SMILES string of the molecule is COCC1(C)[CH]c2cc(Br)ccc2O1. The molecule has 1 atom stereocenters. The fourth-order valence-electron chi connectivity index (χ4n) is 1.69. The summed E-state index contributed by atoms with van der Waals surface area (Å²) in [6, 6.07) is 6.00. The van der Waals surface area contributed by atoms with Crippen LogP contribution in [0.5, 0.6) is 5.75 Å². The zero-order valence-corrected chi connectivity index (χ0v) is 9.80. The second-order valence-electron chi connectivity index (χ2n) is 3.67. The molecule has 75 valence electrons. The van der Waals surface area contributed by atoms with E-state index in [1.165, 1.54) is 0 Å². The molecule has 0 N–H and O–H groups in total. The van der Waals surface area contributed by atoms with Gasteiger partial charge in [0.1, 0.15) is 11.4 Å². The van der Waals surface area contributed by atoms with E-state index in [0.29, 0.717) is 6.61 Å². The molecule has 1 unspecified atom stereocenters. The third-order valence-electron chi connectivity index (χ3n) is 2.21. The summed E-state index contributed by atoms with van der Waals surface area (Å²) in [5, 5.41) is 0. The number of methoxy groups -OCH3 is 1. The lowest BCUT2D eigenvalue weighted by molar-refractivity contribution is 0.0418. The Kier molecular flexibility index (Phi) is 2.54. The molecule has 0 fully saturated rings. The molecule has 1 radical (unpaired) electrons. The molecule has 1 heterocycles. The number of rotatable bonds is 2. The maximum absolute atomic E-state index is 5.79. The van der Waals surface area contributed by atoms with E-state index < -0.39 is 0 Å². The Hall–Kier alpha value is -0.540. The van der Waals surface area contributed by atoms with E-state index in [-0.39, 0.29) is 5.60 Å². The number of halogens is 1. The zero-order chi connectivity index (χ0) is 10.2. The molecule has 0 saturated carbocycles. The minimum Gasteiger partial charge on any atom is -0.484 e. The summed E-state index contributed by atoms with van der Waals surface area (Å²) in [6.07, 6.45) is 2.09. The third kappa shape index (κ3) is 1.79. The maximum Gasteiger partial charge on any atom is 0.137 e. The Balaban J connectivity index is 2.25. The Morgan fingerprint density at radius 3 is 3.00 bits per heavy atom. The van der Waals surface area contributed by atoms with Gasteiger partial charge in [0.15, 0.2) is 0 Å². The fourth-order valence-corrected chi connectivity index (χ4v) is 2.07. The van der Waals surface area contributed by atoms with Crippen LogP contribution in [-0.4, -0.2) is 19.3 Å². The number of benzene rings is 1. The number of hydrogen-bond donors (Lipinski definition) is 0. The highest BCUT2D eigenvalue weighted by atomic mass is 79.9. The van der Waals surface area contributed by atoms with Gasteiger partial charge in [-0.2, -0.15) is 0 Å². The predicted molar refractivity (Wildman–Crippen MR) is 58.5 cm³/mol. The van der Waals surface area contributed by atoms with Crippen LogP contribution in [-0.2, 0) is 4.74 Å². The van der Waals surface area contributed by atoms with Gasteiger partial charge in [-0.1, -0.05) is 15.9 Å². The lowest BCUT2D eigenvalue weighted by Crippen LogP contribution is -2.34. The van der Waals surface area contributed by atoms with Crippen molar-refractivity contribution in [2.45, 2.75) is 12.5 Å². The summed E-state index contributed by atoms with van der Waals surface area (Å²) in [7, 11) is 1.68. The highest BCUT2D eigenvalue weighted by molar-refractivity contribution is 9.10. The summed E-state index contributed by atoms with van der Waals surface area (Å²) < 4.78 is 12.0. The van der Waals surface area contributed by atoms with Crippen LogP contribution in [0.3, 0.4) is 0 Å². The molecule has 1 aliphatic heterocycles. The number of fused-ring (bicyclic) bond motifs is 1. The van der Waals surface area contributed by atoms with Gasteiger partial charge < -0.3 is 9.47 Å². The second-order valence-corrected chi connectivity index (χ2v) is 4.59. The van der Waals surface area contributed by atoms with Crippen LogP contribution in [0.15, 0.2) is 22.7 Å². The predicted octanol–water partition coefficient (Wildman–Crippen LogP) is 2.80. The van der Waals surface area contributed by atoms with Gasteiger partial charge in [0.25, 0.3) is 0 Å². The Bertz CT molecular complexity index is 351. The van der Waals surface area contributed by atoms with Crippen molar-refractivity contribution in [2.75, 3.05) is 13.7 Å². The molecule has 1 aliphatic rings. The van der Waals surface area contributed by atoms with Crippen molar-refractivity contribution >= 4 is 15.9 Å². The van der Waals surface area contributed by atoms with E-state index in [1.807, 2.05) is 19.1 Å². The van der Waals surface area contributed by atoms with Gasteiger partial charge in [-0.05, 0) is 25.1 Å². The largest absolute Gasteiger partial charge is 0.484 e. The van der Waals surface area contributed by atoms with Crippen LogP contribution < -0.4 is 4.74 Å². The molecule has 3 heteroatoms. The van der Waals surface area contributed by atoms with Crippen LogP contribution in [0.1, 0.15) is 12.5 Å². The smallest absolute Gasteiger partial charge is 0.137 e. The summed E-state index contributed by atoms with van der Waals surface area (Å²) >= 11 is 3.43. The molecular weight excluding hydrogens is 244 g/mol. The van der Waals surface area contributed by atoms with Crippen molar-refractivity contribution in [3.8, 4) is 5.75 Å². The van der Waals surface area contributed by atoms with E-state index in [9.17, 15) is 0 Å². The van der Waals surface area contributed by atoms with E-state index in [4.69, 9.17) is 9.47 Å². The van der Waals surface area contributed by atoms with Crippen molar-refractivity contribution in [2.24, 2.45) is 0 Å². The normalized spacial score (nSPS) is 24.5. The Morgan fingerprint density at radius 2 is 2.29 bits per heavy atom. The second kappa shape index (κ2) is 3.55. The molecule has 2 rings (SSSR count). The van der Waals surface area contributed by atoms with Crippen LogP contribution >= 0.6 is 15.9 Å². The number of hydrogen-bond acceptors (Lipinski definition) is 2. The molecule has 0 aliphatic carbocycles. The molecule has 14 heavy (non-hydrogen) atoms. The Morgan fingerprint density at radius 1 is 1.50 bits per heavy atom. The van der Waals surface area contributed by atoms with E-state index in [1.54, 1.807) is 7.11 Å². The summed E-state index contributed by atoms with van der Waals surface area (Å²) in [6.45, 7) is 2.59. The minimum atomic E-state index is -0.322. The molecule has 1 aromatic carbocycles. The standard InChI is InChI=1S/C11H12BrO2/c1-11(7-13-2)6-8-5-9(12)3-4-10(8)14-11/h3-6H,7H2,1-2H3. The summed E-state index contributed by atoms with van der Waals surface area (Å²) in [4.78, 5) is 0. The van der Waals surface area contributed by atoms with Gasteiger partial charge in [-0.3, -0.25) is 0 Å². The summed E-state index contributed by atoms with van der Waals surface area (Å²) in [5.41, 5.74) is 0.802. The molecule has 0 amide bonds. The Labute approximate surface area is 92.3 Å². The quantitative estimate of drug-likeness (QED) is 0.810. The first-order valence-electron chi connectivity index (χ1n) is 4.46. The third-order valence-corrected chi connectivity index (χ3v) is 2.70. The van der Waals surface area contributed by atoms with E-state index >= 15 is 0 Å². The first-order valence-corrected chi connectivity index (χ1v) is 5.26. The van der Waals surface area contributed by atoms with Gasteiger partial charge in [-0.15, -0.1) is 0 Å². The van der Waals surface area contributed by atoms with Gasteiger partial charge in [0.05, 0.1) is 6.61 Å². The average molecular weight is 256 g/mol. The average Bonchev–Trinajstić information content (AvgIpc) is 2.40. The van der Waals surface area contributed by atoms with E-state index in [2.05, 4.69) is 28.4 Å². The lowest BCUT2D eigenvalue weighted by Gasteiger charge is -2.22. The van der Waals surface area contributed by atoms with E-state index in [0.717, 1.165) is 15.8 Å². The van der Waals surface area contributed by atoms with Crippen LogP contribution in [0, 0.1) is 6.42 Å². The first kappa shape index (κ1) is 9.99. The van der Waals surface area contributed by atoms with Crippen LogP contribution in [0.4, 0.5) is 0 Å². The van der Waals surface area contributed by atoms with Crippen molar-refractivity contribution in [3.05, 3.63) is 34.7 Å². The maximum atomic E-state index is 5.79. The number of ether oxygens (including phenoxy) is 2. The molecule has 2 nitrogen and oxygen atoms in total. The van der Waals surface area contributed by atoms with Gasteiger partial charge >= 0.3 is 0 Å². The zero-order valence-electron chi connectivity index (χ0n) is 8.21. The molecule has 0 aromatic heterocycles. The fraction of sp³-hybridized carbons (Fsp3) is 0.364. The lowest BCUT2D eigenvalue weighted by atomic mass is 10.0. The van der Waals surface area contributed by atoms with Gasteiger partial charge in [-0.25, -0.2) is 0 Å². The van der Waals surface area contributed by atoms with Crippen molar-refractivity contribution in [1.82, 2.24) is 0 Å². The van der Waals surface area contributed by atoms with Gasteiger partial charge in [0, 0.05) is 23.6 Å². The van der Waals surface area contributed by atoms with Crippen molar-refractivity contribution in [1.29, 1.82) is 0 Å². The van der Waals surface area contributed by atoms with Crippen LogP contribution in [0.25, 0.3) is 0 Å². The van der Waals surface area contributed by atoms with Crippen molar-refractivity contribution in [3.63, 3.8) is 0 Å². The summed E-state index contributed by atoms with van der Waals surface area (Å²) in [5.74, 6) is 0.924. The molecule has 0 saturated heterocycles. The highest BCUT2D eigenvalue weighted by Crippen LogP contribution is 2.38. The molecule has 0 spiro atoms. The van der Waals surface area contributed by atoms with Gasteiger partial charge in [0.2, 0.25) is 0 Å². The highest BCUT2D eigenvalue weighted by Gasteiger charge is 2.35. The topological polar surface area (TPSA) is 18.5 Å². The van der Waals surface area contributed by atoms with Crippen molar-refractivity contribution < 1.29 is 9.47 Å². The van der Waals surface area contributed by atoms with Crippen LogP contribution in [0.2, 0.25) is 0 Å². The molecule has 1 aromatic rings.